The van der Waals surface area contributed by atoms with Gasteiger partial charge in [-0.05, 0) is 69.2 Å². The molecule has 0 unspecified atom stereocenters. The van der Waals surface area contributed by atoms with Gasteiger partial charge >= 0.3 is 0 Å². The summed E-state index contributed by atoms with van der Waals surface area (Å²) in [7, 11) is 1.58. The summed E-state index contributed by atoms with van der Waals surface area (Å²) in [6.45, 7) is 6.05. The average molecular weight is 467 g/mol. The van der Waals surface area contributed by atoms with Crippen LogP contribution in [0.3, 0.4) is 0 Å². The van der Waals surface area contributed by atoms with Crippen LogP contribution in [0.2, 0.25) is 0 Å². The highest BCUT2D eigenvalue weighted by molar-refractivity contribution is 6.43. The van der Waals surface area contributed by atoms with Crippen LogP contribution in [0.1, 0.15) is 45.8 Å². The molecular formula is C25H27FN4O4. The largest absolute Gasteiger partial charge is 0.389 e. The van der Waals surface area contributed by atoms with Gasteiger partial charge in [-0.25, -0.2) is 4.39 Å². The predicted molar refractivity (Wildman–Crippen MR) is 126 cm³/mol. The van der Waals surface area contributed by atoms with E-state index in [4.69, 9.17) is 0 Å². The Balaban J connectivity index is 2.07. The smallest absolute Gasteiger partial charge is 0.294 e. The normalized spacial score (nSPS) is 11.3. The number of aromatic nitrogens is 2. The quantitative estimate of drug-likeness (QED) is 0.366. The Hall–Kier alpha value is -3.85. The number of rotatable bonds is 7. The lowest BCUT2D eigenvalue weighted by Crippen LogP contribution is -2.41. The number of halogens is 1. The number of aliphatic hydroxyl groups is 1. The fraction of sp³-hybridized carbons (Fsp3) is 0.280. The number of nitrogens with one attached hydrogen (secondary N) is 2. The van der Waals surface area contributed by atoms with Gasteiger partial charge in [-0.1, -0.05) is 6.07 Å². The SMILES string of the molecule is Cc1cc(NC(=O)c2c(C)c(C(=O)C(=O)NCC(C)(C)O)n(C)c2-c2ccccn2)ccc1F. The Kier molecular flexibility index (Phi) is 6.97. The molecule has 2 amide bonds. The summed E-state index contributed by atoms with van der Waals surface area (Å²) >= 11 is 0. The number of carbonyl (C=O) groups is 3. The molecule has 0 saturated carbocycles. The molecule has 3 aromatic rings. The Morgan fingerprint density at radius 1 is 1.15 bits per heavy atom. The molecule has 0 saturated heterocycles. The molecule has 2 aromatic heterocycles. The number of amides is 2. The van der Waals surface area contributed by atoms with E-state index in [-0.39, 0.29) is 17.8 Å². The van der Waals surface area contributed by atoms with Crippen molar-refractivity contribution in [2.75, 3.05) is 11.9 Å². The molecule has 0 fully saturated rings. The molecule has 0 radical (unpaired) electrons. The molecule has 0 bridgehead atoms. The minimum Gasteiger partial charge on any atom is -0.389 e. The van der Waals surface area contributed by atoms with Crippen LogP contribution < -0.4 is 10.6 Å². The lowest BCUT2D eigenvalue weighted by molar-refractivity contribution is -0.118. The maximum Gasteiger partial charge on any atom is 0.294 e. The van der Waals surface area contributed by atoms with Gasteiger partial charge in [0, 0.05) is 25.5 Å². The van der Waals surface area contributed by atoms with E-state index in [0.717, 1.165) is 0 Å². The van der Waals surface area contributed by atoms with Crippen LogP contribution in [-0.2, 0) is 11.8 Å². The number of pyridine rings is 1. The maximum atomic E-state index is 13.7. The fourth-order valence-electron chi connectivity index (χ4n) is 3.63. The fourth-order valence-corrected chi connectivity index (χ4v) is 3.63. The van der Waals surface area contributed by atoms with Crippen LogP contribution in [0.5, 0.6) is 0 Å². The molecule has 2 heterocycles. The van der Waals surface area contributed by atoms with Gasteiger partial charge in [0.15, 0.2) is 0 Å². The molecule has 3 rings (SSSR count). The first-order valence-electron chi connectivity index (χ1n) is 10.6. The van der Waals surface area contributed by atoms with Gasteiger partial charge in [0.25, 0.3) is 17.6 Å². The topological polar surface area (TPSA) is 113 Å². The number of nitrogens with zero attached hydrogens (tertiary/aromatic N) is 2. The molecule has 1 aromatic carbocycles. The zero-order valence-corrected chi connectivity index (χ0v) is 19.7. The molecule has 0 atom stereocenters. The number of aryl methyl sites for hydroxylation is 1. The molecule has 0 spiro atoms. The Labute approximate surface area is 196 Å². The van der Waals surface area contributed by atoms with Gasteiger partial charge in [0.1, 0.15) is 5.82 Å². The highest BCUT2D eigenvalue weighted by Crippen LogP contribution is 2.31. The number of anilines is 1. The van der Waals surface area contributed by atoms with Crippen molar-refractivity contribution in [3.8, 4) is 11.4 Å². The van der Waals surface area contributed by atoms with Crippen molar-refractivity contribution in [2.24, 2.45) is 7.05 Å². The number of hydrogen-bond donors (Lipinski definition) is 3. The van der Waals surface area contributed by atoms with E-state index in [1.165, 1.54) is 36.6 Å². The third kappa shape index (κ3) is 5.20. The van der Waals surface area contributed by atoms with Gasteiger partial charge in [0.2, 0.25) is 0 Å². The number of Topliss-reactive ketones (excluding diaryl/α,β-unsaturated/α-hetero) is 1. The van der Waals surface area contributed by atoms with Crippen molar-refractivity contribution in [1.82, 2.24) is 14.9 Å². The van der Waals surface area contributed by atoms with E-state index in [2.05, 4.69) is 15.6 Å². The third-order valence-corrected chi connectivity index (χ3v) is 5.29. The minimum atomic E-state index is -1.20. The molecular weight excluding hydrogens is 439 g/mol. The molecule has 3 N–H and O–H groups in total. The Bertz CT molecular complexity index is 1260. The number of carbonyl (C=O) groups excluding carboxylic acids is 3. The zero-order chi connectivity index (χ0) is 25.2. The molecule has 0 aliphatic rings. The molecule has 0 aliphatic carbocycles. The predicted octanol–water partition coefficient (Wildman–Crippen LogP) is 3.17. The van der Waals surface area contributed by atoms with E-state index < -0.39 is 29.0 Å². The van der Waals surface area contributed by atoms with Gasteiger partial charge in [-0.2, -0.15) is 0 Å². The summed E-state index contributed by atoms with van der Waals surface area (Å²) in [5, 5.41) is 15.0. The highest BCUT2D eigenvalue weighted by atomic mass is 19.1. The molecule has 9 heteroatoms. The molecule has 178 valence electrons. The van der Waals surface area contributed by atoms with Crippen molar-refractivity contribution >= 4 is 23.3 Å². The zero-order valence-electron chi connectivity index (χ0n) is 19.7. The van der Waals surface area contributed by atoms with Crippen LogP contribution in [0, 0.1) is 19.7 Å². The second-order valence-electron chi connectivity index (χ2n) is 8.71. The first kappa shape index (κ1) is 24.8. The number of ketones is 1. The summed E-state index contributed by atoms with van der Waals surface area (Å²) < 4.78 is 15.1. The minimum absolute atomic E-state index is 0.0225. The number of benzene rings is 1. The van der Waals surface area contributed by atoms with E-state index in [0.29, 0.717) is 28.2 Å². The maximum absolute atomic E-state index is 13.7. The Morgan fingerprint density at radius 2 is 1.85 bits per heavy atom. The van der Waals surface area contributed by atoms with Crippen LogP contribution >= 0.6 is 0 Å². The second-order valence-corrected chi connectivity index (χ2v) is 8.71. The molecule has 8 nitrogen and oxygen atoms in total. The first-order chi connectivity index (χ1) is 15.9. The number of hydrogen-bond acceptors (Lipinski definition) is 5. The van der Waals surface area contributed by atoms with Crippen LogP contribution in [0.15, 0.2) is 42.6 Å². The highest BCUT2D eigenvalue weighted by Gasteiger charge is 2.31. The van der Waals surface area contributed by atoms with Gasteiger partial charge in [-0.15, -0.1) is 0 Å². The van der Waals surface area contributed by atoms with Crippen molar-refractivity contribution in [1.29, 1.82) is 0 Å². The van der Waals surface area contributed by atoms with Gasteiger partial charge in [0.05, 0.1) is 28.2 Å². The van der Waals surface area contributed by atoms with Crippen molar-refractivity contribution in [2.45, 2.75) is 33.3 Å². The summed E-state index contributed by atoms with van der Waals surface area (Å²) in [4.78, 5) is 43.3. The average Bonchev–Trinajstić information content (AvgIpc) is 3.04. The molecule has 34 heavy (non-hydrogen) atoms. The summed E-state index contributed by atoms with van der Waals surface area (Å²) in [6, 6.07) is 9.35. The van der Waals surface area contributed by atoms with Crippen LogP contribution in [-0.4, -0.2) is 44.4 Å². The van der Waals surface area contributed by atoms with E-state index in [1.807, 2.05) is 0 Å². The summed E-state index contributed by atoms with van der Waals surface area (Å²) in [5.41, 5.74) is 0.829. The second kappa shape index (κ2) is 9.56. The van der Waals surface area contributed by atoms with E-state index >= 15 is 0 Å². The molecule has 0 aliphatic heterocycles. The van der Waals surface area contributed by atoms with Crippen molar-refractivity contribution in [3.63, 3.8) is 0 Å². The third-order valence-electron chi connectivity index (χ3n) is 5.29. The van der Waals surface area contributed by atoms with Gasteiger partial charge < -0.3 is 20.3 Å². The standard InChI is InChI=1S/C25H27FN4O4/c1-14-12-16(9-10-17(14)26)29-23(32)19-15(2)20(22(31)24(33)28-13-25(3,4)34)30(5)21(19)18-8-6-7-11-27-18/h6-12,34H,13H2,1-5H3,(H,28,33)(H,29,32). The monoisotopic (exact) mass is 466 g/mol. The van der Waals surface area contributed by atoms with E-state index in [1.54, 1.807) is 45.3 Å². The lowest BCUT2D eigenvalue weighted by Gasteiger charge is -2.17. The first-order valence-corrected chi connectivity index (χ1v) is 10.6. The summed E-state index contributed by atoms with van der Waals surface area (Å²) in [6.07, 6.45) is 1.56. The Morgan fingerprint density at radius 3 is 2.44 bits per heavy atom. The van der Waals surface area contributed by atoms with E-state index in [9.17, 15) is 23.9 Å². The van der Waals surface area contributed by atoms with Crippen LogP contribution in [0.25, 0.3) is 11.4 Å². The lowest BCUT2D eigenvalue weighted by atomic mass is 10.0. The van der Waals surface area contributed by atoms with Crippen molar-refractivity contribution < 1.29 is 23.9 Å². The van der Waals surface area contributed by atoms with Crippen molar-refractivity contribution in [3.05, 3.63) is 70.8 Å². The summed E-state index contributed by atoms with van der Waals surface area (Å²) in [5.74, 6) is -2.68. The van der Waals surface area contributed by atoms with Crippen LogP contribution in [0.4, 0.5) is 10.1 Å². The van der Waals surface area contributed by atoms with Gasteiger partial charge in [-0.3, -0.25) is 19.4 Å².